The Balaban J connectivity index is 2.46. The summed E-state index contributed by atoms with van der Waals surface area (Å²) in [4.78, 5) is 0. The third-order valence-electron chi connectivity index (χ3n) is 5.99. The lowest BCUT2D eigenvalue weighted by Crippen LogP contribution is -2.05. The maximum Gasteiger partial charge on any atom is 0.119 e. The first kappa shape index (κ1) is 22.3. The van der Waals surface area contributed by atoms with E-state index in [0.717, 1.165) is 49.7 Å². The van der Waals surface area contributed by atoms with Gasteiger partial charge in [0.05, 0.1) is 0 Å². The molecule has 0 radical (unpaired) electrons. The molecule has 0 aliphatic carbocycles. The first-order valence-electron chi connectivity index (χ1n) is 11.1. The first-order valence-corrected chi connectivity index (χ1v) is 11.1. The predicted molar refractivity (Wildman–Crippen MR) is 120 cm³/mol. The van der Waals surface area contributed by atoms with Crippen LogP contribution in [0.25, 0.3) is 0 Å². The molecule has 0 fully saturated rings. The molecule has 28 heavy (non-hydrogen) atoms. The second-order valence-electron chi connectivity index (χ2n) is 8.36. The Hall–Kier alpha value is -1.96. The van der Waals surface area contributed by atoms with E-state index in [1.54, 1.807) is 0 Å². The van der Waals surface area contributed by atoms with Crippen molar-refractivity contribution in [1.29, 1.82) is 0 Å². The number of phenolic OH excluding ortho intramolecular Hbond substituents is 2. The summed E-state index contributed by atoms with van der Waals surface area (Å²) in [6.45, 7) is 11.0. The Bertz CT molecular complexity index is 689. The molecule has 2 atom stereocenters. The van der Waals surface area contributed by atoms with E-state index in [9.17, 15) is 10.2 Å². The Morgan fingerprint density at radius 1 is 0.643 bits per heavy atom. The quantitative estimate of drug-likeness (QED) is 0.439. The van der Waals surface area contributed by atoms with E-state index < -0.39 is 0 Å². The molecule has 2 heteroatoms. The third kappa shape index (κ3) is 5.31. The minimum atomic E-state index is 0.284. The summed E-state index contributed by atoms with van der Waals surface area (Å²) in [6.07, 6.45) is 6.52. The van der Waals surface area contributed by atoms with Gasteiger partial charge in [-0.2, -0.15) is 0 Å². The average Bonchev–Trinajstić information content (AvgIpc) is 2.67. The zero-order chi connectivity index (χ0) is 20.7. The highest BCUT2D eigenvalue weighted by Crippen LogP contribution is 2.38. The van der Waals surface area contributed by atoms with Crippen LogP contribution >= 0.6 is 0 Å². The van der Waals surface area contributed by atoms with Gasteiger partial charge in [-0.05, 0) is 65.5 Å². The van der Waals surface area contributed by atoms with Crippen LogP contribution < -0.4 is 0 Å². The molecule has 0 saturated carbocycles. The second-order valence-corrected chi connectivity index (χ2v) is 8.36. The summed E-state index contributed by atoms with van der Waals surface area (Å²) in [5, 5.41) is 20.8. The number of hydrogen-bond donors (Lipinski definition) is 2. The van der Waals surface area contributed by atoms with Crippen LogP contribution in [0.5, 0.6) is 11.5 Å². The van der Waals surface area contributed by atoms with Crippen molar-refractivity contribution >= 4 is 0 Å². The first-order chi connectivity index (χ1) is 13.4. The van der Waals surface area contributed by atoms with Crippen LogP contribution in [-0.2, 0) is 0 Å². The van der Waals surface area contributed by atoms with Crippen molar-refractivity contribution in [3.8, 4) is 11.5 Å². The predicted octanol–water partition coefficient (Wildman–Crippen LogP) is 7.84. The molecule has 0 heterocycles. The Labute approximate surface area is 171 Å². The molecule has 154 valence electrons. The SMILES string of the molecule is CCCC(C)c1cc(C(CCC)c2ccc(O)c(C(C)CCC)c2)ccc1O. The molecule has 0 aromatic heterocycles. The molecule has 0 spiro atoms. The highest BCUT2D eigenvalue weighted by Gasteiger charge is 2.19. The van der Waals surface area contributed by atoms with Crippen molar-refractivity contribution in [3.05, 3.63) is 58.7 Å². The Morgan fingerprint density at radius 2 is 1.04 bits per heavy atom. The second kappa shape index (κ2) is 10.5. The van der Waals surface area contributed by atoms with E-state index in [2.05, 4.69) is 58.9 Å². The van der Waals surface area contributed by atoms with Gasteiger partial charge in [0, 0.05) is 5.92 Å². The fourth-order valence-electron chi connectivity index (χ4n) is 4.36. The minimum absolute atomic E-state index is 0.284. The smallest absolute Gasteiger partial charge is 0.119 e. The van der Waals surface area contributed by atoms with Gasteiger partial charge >= 0.3 is 0 Å². The number of hydrogen-bond acceptors (Lipinski definition) is 2. The molecule has 0 aliphatic rings. The Kier molecular flexibility index (Phi) is 8.41. The van der Waals surface area contributed by atoms with E-state index in [1.165, 1.54) is 11.1 Å². The van der Waals surface area contributed by atoms with Crippen LogP contribution in [0.15, 0.2) is 36.4 Å². The maximum atomic E-state index is 10.4. The summed E-state index contributed by atoms with van der Waals surface area (Å²) in [5.74, 6) is 1.80. The van der Waals surface area contributed by atoms with Crippen molar-refractivity contribution in [3.63, 3.8) is 0 Å². The van der Waals surface area contributed by atoms with Crippen LogP contribution in [-0.4, -0.2) is 10.2 Å². The number of phenols is 2. The normalized spacial score (nSPS) is 14.6. The lowest BCUT2D eigenvalue weighted by atomic mass is 9.83. The molecule has 0 aliphatic heterocycles. The standard InChI is InChI=1S/C26H38O2/c1-6-9-18(4)23-16-20(12-14-25(23)27)22(11-8-3)21-13-15-26(28)24(17-21)19(5)10-7-2/h12-19,22,27-28H,6-11H2,1-5H3. The lowest BCUT2D eigenvalue weighted by molar-refractivity contribution is 0.459. The molecule has 2 aromatic rings. The number of rotatable bonds is 10. The van der Waals surface area contributed by atoms with Crippen molar-refractivity contribution in [2.24, 2.45) is 0 Å². The average molecular weight is 383 g/mol. The van der Waals surface area contributed by atoms with Gasteiger partial charge in [-0.25, -0.2) is 0 Å². The molecule has 0 bridgehead atoms. The van der Waals surface area contributed by atoms with Gasteiger partial charge in [-0.3, -0.25) is 0 Å². The van der Waals surface area contributed by atoms with Crippen LogP contribution in [0.3, 0.4) is 0 Å². The van der Waals surface area contributed by atoms with Gasteiger partial charge in [-0.1, -0.05) is 78.1 Å². The molecular weight excluding hydrogens is 344 g/mol. The van der Waals surface area contributed by atoms with E-state index in [-0.39, 0.29) is 5.92 Å². The molecule has 2 aromatic carbocycles. The van der Waals surface area contributed by atoms with E-state index in [1.807, 2.05) is 12.1 Å². The van der Waals surface area contributed by atoms with Gasteiger partial charge in [0.2, 0.25) is 0 Å². The van der Waals surface area contributed by atoms with Gasteiger partial charge in [0.1, 0.15) is 11.5 Å². The van der Waals surface area contributed by atoms with Crippen LogP contribution in [0.4, 0.5) is 0 Å². The zero-order valence-electron chi connectivity index (χ0n) is 18.3. The molecule has 2 nitrogen and oxygen atoms in total. The monoisotopic (exact) mass is 382 g/mol. The lowest BCUT2D eigenvalue weighted by Gasteiger charge is -2.22. The van der Waals surface area contributed by atoms with Crippen molar-refractivity contribution in [1.82, 2.24) is 0 Å². The largest absolute Gasteiger partial charge is 0.508 e. The Morgan fingerprint density at radius 3 is 1.39 bits per heavy atom. The van der Waals surface area contributed by atoms with Crippen molar-refractivity contribution in [2.75, 3.05) is 0 Å². The van der Waals surface area contributed by atoms with Gasteiger partial charge < -0.3 is 10.2 Å². The highest BCUT2D eigenvalue weighted by atomic mass is 16.3. The molecule has 2 unspecified atom stereocenters. The summed E-state index contributed by atoms with van der Waals surface area (Å²) >= 11 is 0. The third-order valence-corrected chi connectivity index (χ3v) is 5.99. The highest BCUT2D eigenvalue weighted by molar-refractivity contribution is 5.46. The van der Waals surface area contributed by atoms with Gasteiger partial charge in [0.15, 0.2) is 0 Å². The molecule has 2 rings (SSSR count). The molecular formula is C26H38O2. The minimum Gasteiger partial charge on any atom is -0.508 e. The van der Waals surface area contributed by atoms with Crippen molar-refractivity contribution < 1.29 is 10.2 Å². The van der Waals surface area contributed by atoms with E-state index in [4.69, 9.17) is 0 Å². The topological polar surface area (TPSA) is 40.5 Å². The van der Waals surface area contributed by atoms with Crippen LogP contribution in [0.2, 0.25) is 0 Å². The number of aromatic hydroxyl groups is 2. The number of benzene rings is 2. The summed E-state index contributed by atoms with van der Waals surface area (Å²) in [7, 11) is 0. The zero-order valence-corrected chi connectivity index (χ0v) is 18.3. The summed E-state index contributed by atoms with van der Waals surface area (Å²) < 4.78 is 0. The molecule has 2 N–H and O–H groups in total. The summed E-state index contributed by atoms with van der Waals surface area (Å²) in [6, 6.07) is 12.3. The van der Waals surface area contributed by atoms with Crippen molar-refractivity contribution in [2.45, 2.75) is 90.9 Å². The van der Waals surface area contributed by atoms with Crippen LogP contribution in [0.1, 0.15) is 113 Å². The summed E-state index contributed by atoms with van der Waals surface area (Å²) in [5.41, 5.74) is 4.63. The van der Waals surface area contributed by atoms with E-state index in [0.29, 0.717) is 23.3 Å². The van der Waals surface area contributed by atoms with Gasteiger partial charge in [0.25, 0.3) is 0 Å². The fourth-order valence-corrected chi connectivity index (χ4v) is 4.36. The maximum absolute atomic E-state index is 10.4. The van der Waals surface area contributed by atoms with Crippen LogP contribution in [0, 0.1) is 0 Å². The van der Waals surface area contributed by atoms with Gasteiger partial charge in [-0.15, -0.1) is 0 Å². The molecule has 0 saturated heterocycles. The molecule has 0 amide bonds. The van der Waals surface area contributed by atoms with E-state index >= 15 is 0 Å². The fraction of sp³-hybridized carbons (Fsp3) is 0.538.